The average Bonchev–Trinajstić information content (AvgIpc) is 3.29. The Kier molecular flexibility index (Phi) is 9.68. The molecule has 0 unspecified atom stereocenters. The number of nitrogens with zero attached hydrogens (tertiary/aromatic N) is 3. The topological polar surface area (TPSA) is 138 Å². The Morgan fingerprint density at radius 3 is 2.38 bits per heavy atom. The number of rotatable bonds is 4. The minimum Gasteiger partial charge on any atom is -0.491 e. The van der Waals surface area contributed by atoms with Gasteiger partial charge in [-0.1, -0.05) is 30.3 Å². The Morgan fingerprint density at radius 2 is 1.71 bits per heavy atom. The highest BCUT2D eigenvalue weighted by Crippen LogP contribution is 2.27. The summed E-state index contributed by atoms with van der Waals surface area (Å²) in [6.07, 6.45) is -0.359. The molecule has 2 heterocycles. The van der Waals surface area contributed by atoms with Gasteiger partial charge in [-0.25, -0.2) is 9.59 Å². The van der Waals surface area contributed by atoms with Crippen LogP contribution in [0.25, 0.3) is 0 Å². The number of aryl methyl sites for hydroxylation is 2. The van der Waals surface area contributed by atoms with E-state index in [1.54, 1.807) is 68.1 Å². The number of fused-ring (bicyclic) bond motifs is 1. The van der Waals surface area contributed by atoms with Crippen LogP contribution in [0.2, 0.25) is 0 Å². The number of amides is 5. The summed E-state index contributed by atoms with van der Waals surface area (Å²) in [4.78, 5) is 43.0. The quantitative estimate of drug-likeness (QED) is 0.397. The van der Waals surface area contributed by atoms with E-state index >= 15 is 0 Å². The van der Waals surface area contributed by atoms with E-state index in [1.165, 1.54) is 0 Å². The van der Waals surface area contributed by atoms with Gasteiger partial charge >= 0.3 is 12.1 Å². The predicted octanol–water partition coefficient (Wildman–Crippen LogP) is 4.97. The van der Waals surface area contributed by atoms with Crippen molar-refractivity contribution in [3.63, 3.8) is 0 Å². The lowest BCUT2D eigenvalue weighted by Gasteiger charge is -2.36. The van der Waals surface area contributed by atoms with E-state index in [4.69, 9.17) is 14.0 Å². The van der Waals surface area contributed by atoms with Gasteiger partial charge in [0, 0.05) is 44.5 Å². The smallest absolute Gasteiger partial charge is 0.323 e. The Labute approximate surface area is 245 Å². The van der Waals surface area contributed by atoms with Crippen molar-refractivity contribution in [2.24, 2.45) is 5.92 Å². The van der Waals surface area contributed by atoms with Crippen LogP contribution in [0.3, 0.4) is 0 Å². The minimum atomic E-state index is -0.446. The molecule has 3 N–H and O–H groups in total. The highest BCUT2D eigenvalue weighted by Gasteiger charge is 2.31. The van der Waals surface area contributed by atoms with E-state index in [0.717, 1.165) is 0 Å². The first kappa shape index (κ1) is 30.4. The molecular formula is C30H38N6O6. The van der Waals surface area contributed by atoms with Gasteiger partial charge in [-0.3, -0.25) is 4.79 Å². The number of methoxy groups -OCH3 is 1. The maximum atomic E-state index is 13.6. The molecule has 5 amide bonds. The summed E-state index contributed by atoms with van der Waals surface area (Å²) in [5.74, 6) is 0.434. The van der Waals surface area contributed by atoms with Crippen LogP contribution in [0.1, 0.15) is 35.7 Å². The molecule has 0 bridgehead atoms. The standard InChI is InChI=1S/C30H38N6O6/c1-18-15-36(30(39)33-27-20(3)34-42-21(27)4)19(2)17-41-25-13-12-23(32-29(38)31-22-10-8-7-9-11-22)14-24(25)28(37)35(5)16-26(18)40-6/h7-14,18-19,26H,15-17H2,1-6H3,(H,33,39)(H2,31,32,38)/t18-,19-,26-/m0/s1. The summed E-state index contributed by atoms with van der Waals surface area (Å²) in [6.45, 7) is 8.10. The third-order valence-electron chi connectivity index (χ3n) is 7.26. The molecule has 0 saturated carbocycles. The second-order valence-corrected chi connectivity index (χ2v) is 10.5. The van der Waals surface area contributed by atoms with Gasteiger partial charge in [0.25, 0.3) is 5.91 Å². The zero-order valence-corrected chi connectivity index (χ0v) is 24.8. The Balaban J connectivity index is 1.60. The monoisotopic (exact) mass is 578 g/mol. The first-order valence-electron chi connectivity index (χ1n) is 13.8. The number of carbonyl (C=O) groups is 3. The maximum absolute atomic E-state index is 13.6. The first-order chi connectivity index (χ1) is 20.1. The second kappa shape index (κ2) is 13.4. The normalized spacial score (nSPS) is 19.6. The summed E-state index contributed by atoms with van der Waals surface area (Å²) in [5.41, 5.74) is 2.44. The lowest BCUT2D eigenvalue weighted by molar-refractivity contribution is 0.0174. The fraction of sp³-hybridized carbons (Fsp3) is 0.400. The number of anilines is 3. The van der Waals surface area contributed by atoms with E-state index in [1.807, 2.05) is 32.0 Å². The summed E-state index contributed by atoms with van der Waals surface area (Å²) in [5, 5.41) is 12.4. The van der Waals surface area contributed by atoms with Crippen LogP contribution in [0.5, 0.6) is 5.75 Å². The Morgan fingerprint density at radius 1 is 1.00 bits per heavy atom. The largest absolute Gasteiger partial charge is 0.491 e. The molecule has 12 heteroatoms. The number of nitrogens with one attached hydrogen (secondary N) is 3. The van der Waals surface area contributed by atoms with E-state index in [9.17, 15) is 14.4 Å². The van der Waals surface area contributed by atoms with Crippen molar-refractivity contribution in [3.05, 3.63) is 65.5 Å². The van der Waals surface area contributed by atoms with Gasteiger partial charge in [-0.15, -0.1) is 0 Å². The number of urea groups is 2. The molecule has 1 aliphatic heterocycles. The molecule has 2 aromatic carbocycles. The number of para-hydroxylation sites is 1. The molecule has 0 saturated heterocycles. The molecule has 4 rings (SSSR count). The van der Waals surface area contributed by atoms with Gasteiger partial charge in [0.15, 0.2) is 5.76 Å². The molecule has 42 heavy (non-hydrogen) atoms. The number of hydrogen-bond acceptors (Lipinski definition) is 7. The zero-order chi connectivity index (χ0) is 30.4. The first-order valence-corrected chi connectivity index (χ1v) is 13.8. The number of hydrogen-bond donors (Lipinski definition) is 3. The van der Waals surface area contributed by atoms with Crippen LogP contribution in [0, 0.1) is 19.8 Å². The summed E-state index contributed by atoms with van der Waals surface area (Å²) >= 11 is 0. The maximum Gasteiger partial charge on any atom is 0.323 e. The minimum absolute atomic E-state index is 0.116. The lowest BCUT2D eigenvalue weighted by atomic mass is 10.0. The average molecular weight is 579 g/mol. The lowest BCUT2D eigenvalue weighted by Crippen LogP contribution is -2.50. The number of benzene rings is 2. The van der Waals surface area contributed by atoms with Gasteiger partial charge in [0.05, 0.1) is 17.7 Å². The zero-order valence-electron chi connectivity index (χ0n) is 24.8. The van der Waals surface area contributed by atoms with Crippen molar-refractivity contribution in [1.82, 2.24) is 15.0 Å². The third kappa shape index (κ3) is 7.19. The molecule has 12 nitrogen and oxygen atoms in total. The van der Waals surface area contributed by atoms with E-state index in [0.29, 0.717) is 40.8 Å². The Hall–Kier alpha value is -4.58. The number of likely N-dealkylation sites (N-methyl/N-ethyl adjacent to an activating group) is 1. The summed E-state index contributed by atoms with van der Waals surface area (Å²) in [6, 6.07) is 12.8. The van der Waals surface area contributed by atoms with Crippen molar-refractivity contribution in [2.45, 2.75) is 39.8 Å². The summed E-state index contributed by atoms with van der Waals surface area (Å²) in [7, 11) is 3.27. The Bertz CT molecular complexity index is 1390. The fourth-order valence-electron chi connectivity index (χ4n) is 4.79. The predicted molar refractivity (Wildman–Crippen MR) is 159 cm³/mol. The van der Waals surface area contributed by atoms with Gasteiger partial charge in [-0.05, 0) is 51.1 Å². The van der Waals surface area contributed by atoms with Crippen LogP contribution in [0.15, 0.2) is 53.1 Å². The van der Waals surface area contributed by atoms with Crippen LogP contribution in [0.4, 0.5) is 26.7 Å². The molecular weight excluding hydrogens is 540 g/mol. The molecule has 224 valence electrons. The van der Waals surface area contributed by atoms with Crippen molar-refractivity contribution >= 4 is 35.0 Å². The number of ether oxygens (including phenoxy) is 2. The van der Waals surface area contributed by atoms with Crippen molar-refractivity contribution in [2.75, 3.05) is 49.8 Å². The molecule has 1 aliphatic rings. The molecule has 0 spiro atoms. The molecule has 0 fully saturated rings. The molecule has 0 radical (unpaired) electrons. The van der Waals surface area contributed by atoms with Crippen LogP contribution in [-0.2, 0) is 4.74 Å². The molecule has 3 atom stereocenters. The second-order valence-electron chi connectivity index (χ2n) is 10.5. The van der Waals surface area contributed by atoms with Crippen LogP contribution in [-0.4, -0.2) is 78.9 Å². The van der Waals surface area contributed by atoms with Gasteiger partial charge in [-0.2, -0.15) is 0 Å². The third-order valence-corrected chi connectivity index (χ3v) is 7.26. The van der Waals surface area contributed by atoms with E-state index in [-0.39, 0.29) is 48.7 Å². The van der Waals surface area contributed by atoms with Gasteiger partial charge < -0.3 is 39.7 Å². The van der Waals surface area contributed by atoms with E-state index < -0.39 is 6.03 Å². The molecule has 3 aromatic rings. The number of carbonyl (C=O) groups excluding carboxylic acids is 3. The highest BCUT2D eigenvalue weighted by molar-refractivity contribution is 6.02. The van der Waals surface area contributed by atoms with Crippen molar-refractivity contribution < 1.29 is 28.4 Å². The van der Waals surface area contributed by atoms with Crippen LogP contribution >= 0.6 is 0 Å². The van der Waals surface area contributed by atoms with Crippen molar-refractivity contribution in [3.8, 4) is 5.75 Å². The van der Waals surface area contributed by atoms with E-state index in [2.05, 4.69) is 21.1 Å². The summed E-state index contributed by atoms with van der Waals surface area (Å²) < 4.78 is 17.1. The SMILES string of the molecule is CO[C@H]1CN(C)C(=O)c2cc(NC(=O)Nc3ccccc3)ccc2OC[C@H](C)N(C(=O)Nc2c(C)noc2C)C[C@@H]1C. The van der Waals surface area contributed by atoms with Crippen molar-refractivity contribution in [1.29, 1.82) is 0 Å². The fourth-order valence-corrected chi connectivity index (χ4v) is 4.79. The van der Waals surface area contributed by atoms with Crippen LogP contribution < -0.4 is 20.7 Å². The molecule has 0 aliphatic carbocycles. The number of aromatic nitrogens is 1. The van der Waals surface area contributed by atoms with Gasteiger partial charge in [0.2, 0.25) is 0 Å². The molecule has 1 aromatic heterocycles. The van der Waals surface area contributed by atoms with Gasteiger partial charge in [0.1, 0.15) is 23.7 Å². The highest BCUT2D eigenvalue weighted by atomic mass is 16.5.